The molecule has 5 nitrogen and oxygen atoms in total. The van der Waals surface area contributed by atoms with Gasteiger partial charge in [-0.25, -0.2) is 4.79 Å². The fourth-order valence-corrected chi connectivity index (χ4v) is 2.45. The van der Waals surface area contributed by atoms with Gasteiger partial charge in [-0.05, 0) is 19.2 Å². The van der Waals surface area contributed by atoms with Crippen LogP contribution in [-0.4, -0.2) is 48.8 Å². The second-order valence-electron chi connectivity index (χ2n) is 5.00. The molecule has 0 radical (unpaired) electrons. The van der Waals surface area contributed by atoms with Crippen molar-refractivity contribution >= 4 is 17.6 Å². The molecule has 0 amide bonds. The second kappa shape index (κ2) is 5.89. The Balaban J connectivity index is 2.23. The summed E-state index contributed by atoms with van der Waals surface area (Å²) in [5.41, 5.74) is -1.20. The van der Waals surface area contributed by atoms with Crippen LogP contribution in [0, 0.1) is 0 Å². The highest BCUT2D eigenvalue weighted by molar-refractivity contribution is 6.32. The standard InChI is InChI=1S/C14H18ClNO4/c1-16-7-5-14(6-8-16,13(17)18)20-12-4-3-10(19-2)9-11(12)15/h3-4,9H,5-8H2,1-2H3,(H,17,18). The van der Waals surface area contributed by atoms with Crippen LogP contribution in [0.5, 0.6) is 11.5 Å². The Morgan fingerprint density at radius 2 is 2.05 bits per heavy atom. The molecule has 0 spiro atoms. The van der Waals surface area contributed by atoms with Gasteiger partial charge in [-0.2, -0.15) is 0 Å². The quantitative estimate of drug-likeness (QED) is 0.924. The third-order valence-corrected chi connectivity index (χ3v) is 3.92. The van der Waals surface area contributed by atoms with Gasteiger partial charge in [-0.3, -0.25) is 0 Å². The highest BCUT2D eigenvalue weighted by Crippen LogP contribution is 2.35. The minimum absolute atomic E-state index is 0.351. The highest BCUT2D eigenvalue weighted by atomic mass is 35.5. The average molecular weight is 300 g/mol. The van der Waals surface area contributed by atoms with E-state index in [0.717, 1.165) is 0 Å². The number of likely N-dealkylation sites (tertiary alicyclic amines) is 1. The topological polar surface area (TPSA) is 59.0 Å². The molecule has 6 heteroatoms. The largest absolute Gasteiger partial charge is 0.497 e. The molecule has 1 aliphatic heterocycles. The molecule has 0 atom stereocenters. The van der Waals surface area contributed by atoms with Gasteiger partial charge in [0.1, 0.15) is 11.5 Å². The molecule has 0 aromatic heterocycles. The molecule has 0 aliphatic carbocycles. The lowest BCUT2D eigenvalue weighted by atomic mass is 9.91. The number of halogens is 1. The van der Waals surface area contributed by atoms with Crippen LogP contribution in [0.3, 0.4) is 0 Å². The van der Waals surface area contributed by atoms with Crippen LogP contribution in [0.2, 0.25) is 5.02 Å². The number of carbonyl (C=O) groups is 1. The summed E-state index contributed by atoms with van der Waals surface area (Å²) < 4.78 is 10.8. The fraction of sp³-hybridized carbons (Fsp3) is 0.500. The van der Waals surface area contributed by atoms with Gasteiger partial charge in [0.2, 0.25) is 5.60 Å². The van der Waals surface area contributed by atoms with Crippen LogP contribution < -0.4 is 9.47 Å². The third-order valence-electron chi connectivity index (χ3n) is 3.63. The summed E-state index contributed by atoms with van der Waals surface area (Å²) >= 11 is 6.11. The number of methoxy groups -OCH3 is 1. The number of hydrogen-bond acceptors (Lipinski definition) is 4. The summed E-state index contributed by atoms with van der Waals surface area (Å²) in [6.45, 7) is 1.36. The van der Waals surface area contributed by atoms with Gasteiger partial charge >= 0.3 is 5.97 Å². The summed E-state index contributed by atoms with van der Waals surface area (Å²) in [7, 11) is 3.51. The summed E-state index contributed by atoms with van der Waals surface area (Å²) in [4.78, 5) is 13.7. The first-order valence-electron chi connectivity index (χ1n) is 6.41. The van der Waals surface area contributed by atoms with Gasteiger partial charge in [-0.15, -0.1) is 0 Å². The normalized spacial score (nSPS) is 18.6. The number of carboxylic acid groups (broad SMARTS) is 1. The Morgan fingerprint density at radius 3 is 2.55 bits per heavy atom. The smallest absolute Gasteiger partial charge is 0.348 e. The van der Waals surface area contributed by atoms with Crippen LogP contribution in [-0.2, 0) is 4.79 Å². The van der Waals surface area contributed by atoms with Crippen molar-refractivity contribution in [3.05, 3.63) is 23.2 Å². The first-order chi connectivity index (χ1) is 9.47. The van der Waals surface area contributed by atoms with Crippen molar-refractivity contribution in [1.82, 2.24) is 4.90 Å². The lowest BCUT2D eigenvalue weighted by molar-refractivity contribution is -0.159. The maximum Gasteiger partial charge on any atom is 0.348 e. The zero-order valence-corrected chi connectivity index (χ0v) is 12.3. The molecular weight excluding hydrogens is 282 g/mol. The number of rotatable bonds is 4. The van der Waals surface area contributed by atoms with Gasteiger partial charge in [0.05, 0.1) is 12.1 Å². The molecule has 0 unspecified atom stereocenters. The van der Waals surface area contributed by atoms with Gasteiger partial charge in [0.25, 0.3) is 0 Å². The summed E-state index contributed by atoms with van der Waals surface area (Å²) in [5.74, 6) is 0.0343. The molecule has 1 fully saturated rings. The minimum Gasteiger partial charge on any atom is -0.497 e. The van der Waals surface area contributed by atoms with Crippen LogP contribution in [0.4, 0.5) is 0 Å². The first kappa shape index (κ1) is 14.9. The Bertz CT molecular complexity index is 498. The molecule has 2 rings (SSSR count). The van der Waals surface area contributed by atoms with E-state index < -0.39 is 11.6 Å². The Labute approximate surface area is 123 Å². The van der Waals surface area contributed by atoms with Gasteiger partial charge < -0.3 is 19.5 Å². The molecule has 0 saturated carbocycles. The number of ether oxygens (including phenoxy) is 2. The van der Waals surface area contributed by atoms with E-state index in [1.54, 1.807) is 25.3 Å². The van der Waals surface area contributed by atoms with Gasteiger partial charge in [0.15, 0.2) is 0 Å². The van der Waals surface area contributed by atoms with Crippen molar-refractivity contribution in [1.29, 1.82) is 0 Å². The molecular formula is C14H18ClNO4. The maximum atomic E-state index is 11.6. The van der Waals surface area contributed by atoms with Crippen LogP contribution in [0.1, 0.15) is 12.8 Å². The lowest BCUT2D eigenvalue weighted by Crippen LogP contribution is -2.52. The monoisotopic (exact) mass is 299 g/mol. The average Bonchev–Trinajstić information content (AvgIpc) is 2.43. The Kier molecular flexibility index (Phi) is 4.40. The zero-order valence-electron chi connectivity index (χ0n) is 11.6. The molecule has 20 heavy (non-hydrogen) atoms. The zero-order chi connectivity index (χ0) is 14.8. The van der Waals surface area contributed by atoms with Crippen molar-refractivity contribution in [3.63, 3.8) is 0 Å². The number of benzene rings is 1. The number of carboxylic acids is 1. The van der Waals surface area contributed by atoms with E-state index in [0.29, 0.717) is 42.5 Å². The van der Waals surface area contributed by atoms with Crippen LogP contribution in [0.15, 0.2) is 18.2 Å². The van der Waals surface area contributed by atoms with E-state index in [9.17, 15) is 9.90 Å². The predicted molar refractivity (Wildman–Crippen MR) is 75.7 cm³/mol. The van der Waals surface area contributed by atoms with Crippen LogP contribution in [0.25, 0.3) is 0 Å². The molecule has 0 bridgehead atoms. The van der Waals surface area contributed by atoms with E-state index in [2.05, 4.69) is 4.90 Å². The Hall–Kier alpha value is -1.46. The Morgan fingerprint density at radius 1 is 1.40 bits per heavy atom. The highest BCUT2D eigenvalue weighted by Gasteiger charge is 2.43. The van der Waals surface area contributed by atoms with Crippen molar-refractivity contribution in [2.24, 2.45) is 0 Å². The summed E-state index contributed by atoms with van der Waals surface area (Å²) in [5, 5.41) is 9.87. The van der Waals surface area contributed by atoms with Crippen molar-refractivity contribution < 1.29 is 19.4 Å². The molecule has 1 N–H and O–H groups in total. The van der Waals surface area contributed by atoms with Gasteiger partial charge in [-0.1, -0.05) is 11.6 Å². The number of hydrogen-bond donors (Lipinski definition) is 1. The second-order valence-corrected chi connectivity index (χ2v) is 5.41. The molecule has 110 valence electrons. The lowest BCUT2D eigenvalue weighted by Gasteiger charge is -2.37. The molecule has 1 heterocycles. The van der Waals surface area contributed by atoms with Crippen molar-refractivity contribution in [2.45, 2.75) is 18.4 Å². The van der Waals surface area contributed by atoms with E-state index in [-0.39, 0.29) is 0 Å². The third kappa shape index (κ3) is 2.99. The number of nitrogens with zero attached hydrogens (tertiary/aromatic N) is 1. The molecule has 1 aromatic carbocycles. The number of aliphatic carboxylic acids is 1. The van der Waals surface area contributed by atoms with Gasteiger partial charge in [0, 0.05) is 32.0 Å². The predicted octanol–water partition coefficient (Wildman–Crippen LogP) is 2.28. The molecule has 1 aliphatic rings. The van der Waals surface area contributed by atoms with Crippen molar-refractivity contribution in [2.75, 3.05) is 27.2 Å². The van der Waals surface area contributed by atoms with E-state index >= 15 is 0 Å². The summed E-state index contributed by atoms with van der Waals surface area (Å²) in [6.07, 6.45) is 0.863. The maximum absolute atomic E-state index is 11.6. The first-order valence-corrected chi connectivity index (χ1v) is 6.79. The van der Waals surface area contributed by atoms with Crippen molar-refractivity contribution in [3.8, 4) is 11.5 Å². The minimum atomic E-state index is -1.20. The van der Waals surface area contributed by atoms with E-state index in [4.69, 9.17) is 21.1 Å². The fourth-order valence-electron chi connectivity index (χ4n) is 2.24. The van der Waals surface area contributed by atoms with E-state index in [1.165, 1.54) is 0 Å². The molecule has 1 aromatic rings. The number of piperidine rings is 1. The summed E-state index contributed by atoms with van der Waals surface area (Å²) in [6, 6.07) is 4.96. The SMILES string of the molecule is COc1ccc(OC2(C(=O)O)CCN(C)CC2)c(Cl)c1. The van der Waals surface area contributed by atoms with Crippen LogP contribution >= 0.6 is 11.6 Å². The van der Waals surface area contributed by atoms with E-state index in [1.807, 2.05) is 7.05 Å². The molecule has 1 saturated heterocycles.